The Bertz CT molecular complexity index is 890. The van der Waals surface area contributed by atoms with Crippen molar-refractivity contribution in [2.24, 2.45) is 0 Å². The molecule has 3 aromatic rings. The summed E-state index contributed by atoms with van der Waals surface area (Å²) in [4.78, 5) is 4.73. The molecule has 1 aliphatic carbocycles. The lowest BCUT2D eigenvalue weighted by Gasteiger charge is -2.30. The second-order valence-corrected chi connectivity index (χ2v) is 7.23. The van der Waals surface area contributed by atoms with E-state index in [0.717, 1.165) is 53.9 Å². The van der Waals surface area contributed by atoms with Gasteiger partial charge in [0.2, 0.25) is 0 Å². The third kappa shape index (κ3) is 3.81. The molecule has 1 saturated carbocycles. The van der Waals surface area contributed by atoms with Crippen molar-refractivity contribution in [3.05, 3.63) is 60.9 Å². The highest BCUT2D eigenvalue weighted by Gasteiger charge is 2.28. The Kier molecular flexibility index (Phi) is 5.74. The minimum atomic E-state index is -0.350. The number of hydrogen-bond donors (Lipinski definition) is 2. The molecule has 0 bridgehead atoms. The van der Waals surface area contributed by atoms with E-state index in [2.05, 4.69) is 16.7 Å². The number of aromatic nitrogens is 2. The summed E-state index contributed by atoms with van der Waals surface area (Å²) >= 11 is 0. The molecule has 2 atom stereocenters. The number of rotatable bonds is 6. The van der Waals surface area contributed by atoms with Crippen molar-refractivity contribution in [3.63, 3.8) is 0 Å². The number of ether oxygens (including phenoxy) is 1. The maximum Gasteiger partial charge on any atom is 0.119 e. The number of imidazole rings is 1. The van der Waals surface area contributed by atoms with Crippen LogP contribution in [0.4, 0.5) is 0 Å². The van der Waals surface area contributed by atoms with E-state index in [1.165, 1.54) is 0 Å². The number of nitrogens with zero attached hydrogens (tertiary/aromatic N) is 2. The monoisotopic (exact) mass is 378 g/mol. The first-order valence-corrected chi connectivity index (χ1v) is 9.92. The molecule has 1 heterocycles. The molecule has 0 aliphatic heterocycles. The summed E-state index contributed by atoms with van der Waals surface area (Å²) in [5.41, 5.74) is 4.03. The van der Waals surface area contributed by atoms with Crippen LogP contribution in [0.1, 0.15) is 31.7 Å². The fraction of sp³-hybridized carbons (Fsp3) is 0.348. The van der Waals surface area contributed by atoms with E-state index in [1.807, 2.05) is 48.8 Å². The van der Waals surface area contributed by atoms with Crippen LogP contribution in [-0.2, 0) is 0 Å². The molecule has 0 unspecified atom stereocenters. The third-order valence-corrected chi connectivity index (χ3v) is 5.38. The van der Waals surface area contributed by atoms with E-state index < -0.39 is 0 Å². The van der Waals surface area contributed by atoms with Gasteiger partial charge >= 0.3 is 0 Å². The van der Waals surface area contributed by atoms with Crippen molar-refractivity contribution in [1.82, 2.24) is 9.55 Å². The maximum absolute atomic E-state index is 10.6. The van der Waals surface area contributed by atoms with Crippen molar-refractivity contribution < 1.29 is 14.9 Å². The van der Waals surface area contributed by atoms with Gasteiger partial charge in [0.25, 0.3) is 0 Å². The van der Waals surface area contributed by atoms with Crippen LogP contribution in [0, 0.1) is 0 Å². The van der Waals surface area contributed by atoms with Crippen molar-refractivity contribution in [2.45, 2.75) is 37.8 Å². The Labute approximate surface area is 165 Å². The lowest BCUT2D eigenvalue weighted by Crippen LogP contribution is -2.27. The highest BCUT2D eigenvalue weighted by Crippen LogP contribution is 2.38. The topological polar surface area (TPSA) is 67.5 Å². The highest BCUT2D eigenvalue weighted by atomic mass is 16.5. The Morgan fingerprint density at radius 2 is 1.71 bits per heavy atom. The molecule has 1 aromatic heterocycles. The summed E-state index contributed by atoms with van der Waals surface area (Å²) in [6.45, 7) is 0.271. The average Bonchev–Trinajstić information content (AvgIpc) is 3.18. The van der Waals surface area contributed by atoms with Crippen LogP contribution in [0.5, 0.6) is 5.75 Å². The molecule has 0 amide bonds. The molecular weight excluding hydrogens is 352 g/mol. The van der Waals surface area contributed by atoms with Crippen LogP contribution < -0.4 is 4.74 Å². The average molecular weight is 378 g/mol. The Hall–Kier alpha value is -2.63. The zero-order chi connectivity index (χ0) is 19.3. The normalized spacial score (nSPS) is 19.5. The van der Waals surface area contributed by atoms with Crippen molar-refractivity contribution in [1.29, 1.82) is 0 Å². The van der Waals surface area contributed by atoms with Gasteiger partial charge in [-0.05, 0) is 37.1 Å². The summed E-state index contributed by atoms with van der Waals surface area (Å²) in [6.07, 6.45) is 5.50. The van der Waals surface area contributed by atoms with Gasteiger partial charge in [0, 0.05) is 11.1 Å². The molecule has 146 valence electrons. The molecular formula is C23H26N2O3. The molecule has 2 aromatic carbocycles. The van der Waals surface area contributed by atoms with Gasteiger partial charge in [-0.25, -0.2) is 4.98 Å². The Balaban J connectivity index is 1.77. The molecule has 5 nitrogen and oxygen atoms in total. The largest absolute Gasteiger partial charge is 0.491 e. The van der Waals surface area contributed by atoms with Crippen LogP contribution in [-0.4, -0.2) is 39.1 Å². The molecule has 28 heavy (non-hydrogen) atoms. The minimum absolute atomic E-state index is 0.00769. The van der Waals surface area contributed by atoms with Gasteiger partial charge in [0.05, 0.1) is 36.5 Å². The predicted octanol–water partition coefficient (Wildman–Crippen LogP) is 4.06. The molecule has 0 spiro atoms. The smallest absolute Gasteiger partial charge is 0.119 e. The molecule has 0 saturated heterocycles. The van der Waals surface area contributed by atoms with E-state index in [4.69, 9.17) is 14.8 Å². The zero-order valence-electron chi connectivity index (χ0n) is 15.9. The number of aliphatic hydroxyl groups is 2. The van der Waals surface area contributed by atoms with E-state index in [9.17, 15) is 5.11 Å². The summed E-state index contributed by atoms with van der Waals surface area (Å²) < 4.78 is 7.64. The highest BCUT2D eigenvalue weighted by molar-refractivity contribution is 5.79. The SMILES string of the molecule is OCCOc1ccc(-c2c(-c3ccccc3)ncn2[C@H]2CCCC[C@@H]2O)cc1. The number of hydrogen-bond acceptors (Lipinski definition) is 4. The Morgan fingerprint density at radius 1 is 0.964 bits per heavy atom. The number of benzene rings is 2. The molecule has 2 N–H and O–H groups in total. The standard InChI is InChI=1S/C23H26N2O3/c26-14-15-28-19-12-10-18(11-13-19)23-22(17-6-2-1-3-7-17)24-16-25(23)20-8-4-5-9-21(20)27/h1-3,6-7,10-13,16,20-21,26-27H,4-5,8-9,14-15H2/t20-,21-/m0/s1. The lowest BCUT2D eigenvalue weighted by molar-refractivity contribution is 0.0762. The summed E-state index contributed by atoms with van der Waals surface area (Å²) in [5, 5.41) is 19.6. The van der Waals surface area contributed by atoms with Gasteiger partial charge in [-0.1, -0.05) is 43.2 Å². The zero-order valence-corrected chi connectivity index (χ0v) is 15.9. The van der Waals surface area contributed by atoms with Crippen LogP contribution in [0.15, 0.2) is 60.9 Å². The first-order valence-electron chi connectivity index (χ1n) is 9.92. The molecule has 1 fully saturated rings. The Morgan fingerprint density at radius 3 is 2.43 bits per heavy atom. The molecule has 1 aliphatic rings. The molecule has 5 heteroatoms. The predicted molar refractivity (Wildman–Crippen MR) is 109 cm³/mol. The van der Waals surface area contributed by atoms with Crippen molar-refractivity contribution >= 4 is 0 Å². The van der Waals surface area contributed by atoms with E-state index >= 15 is 0 Å². The summed E-state index contributed by atoms with van der Waals surface area (Å²) in [7, 11) is 0. The quantitative estimate of drug-likeness (QED) is 0.679. The fourth-order valence-corrected chi connectivity index (χ4v) is 3.99. The van der Waals surface area contributed by atoms with Gasteiger partial charge in [-0.2, -0.15) is 0 Å². The van der Waals surface area contributed by atoms with E-state index in [1.54, 1.807) is 0 Å². The van der Waals surface area contributed by atoms with Crippen molar-refractivity contribution in [3.8, 4) is 28.3 Å². The first kappa shape index (κ1) is 18.7. The lowest BCUT2D eigenvalue weighted by atomic mass is 9.91. The van der Waals surface area contributed by atoms with E-state index in [-0.39, 0.29) is 25.4 Å². The third-order valence-electron chi connectivity index (χ3n) is 5.38. The van der Waals surface area contributed by atoms with Gasteiger partial charge in [0.1, 0.15) is 12.4 Å². The first-order chi connectivity index (χ1) is 13.8. The summed E-state index contributed by atoms with van der Waals surface area (Å²) in [5.74, 6) is 0.725. The molecule has 4 rings (SSSR count). The van der Waals surface area contributed by atoms with Crippen molar-refractivity contribution in [2.75, 3.05) is 13.2 Å². The van der Waals surface area contributed by atoms with Crippen LogP contribution in [0.2, 0.25) is 0 Å². The second-order valence-electron chi connectivity index (χ2n) is 7.23. The van der Waals surface area contributed by atoms with Crippen LogP contribution in [0.25, 0.3) is 22.5 Å². The van der Waals surface area contributed by atoms with Gasteiger partial charge in [-0.15, -0.1) is 0 Å². The second kappa shape index (κ2) is 8.59. The number of aliphatic hydroxyl groups excluding tert-OH is 2. The van der Waals surface area contributed by atoms with Gasteiger partial charge < -0.3 is 19.5 Å². The van der Waals surface area contributed by atoms with E-state index in [0.29, 0.717) is 0 Å². The minimum Gasteiger partial charge on any atom is -0.491 e. The molecule has 0 radical (unpaired) electrons. The fourth-order valence-electron chi connectivity index (χ4n) is 3.99. The van der Waals surface area contributed by atoms with Gasteiger partial charge in [0.15, 0.2) is 0 Å². The summed E-state index contributed by atoms with van der Waals surface area (Å²) in [6, 6.07) is 18.0. The maximum atomic E-state index is 10.6. The van der Waals surface area contributed by atoms with Gasteiger partial charge in [-0.3, -0.25) is 0 Å². The van der Waals surface area contributed by atoms with Crippen LogP contribution >= 0.6 is 0 Å². The van der Waals surface area contributed by atoms with Crippen LogP contribution in [0.3, 0.4) is 0 Å².